The Morgan fingerprint density at radius 1 is 1.22 bits per heavy atom. The van der Waals surface area contributed by atoms with Crippen LogP contribution in [0, 0.1) is 5.92 Å². The Morgan fingerprint density at radius 2 is 1.91 bits per heavy atom. The Morgan fingerprint density at radius 3 is 2.52 bits per heavy atom. The standard InChI is InChI=1S/C17H24N2O3S/c20-17(15-8-11-23(21,22)13-15)18-12-16(19-9-4-5-10-19)14-6-2-1-3-7-14/h1-3,6-7,15-16H,4-5,8-13H2,(H,18,20)/t15-,16-/m0/s1. The number of hydrogen-bond donors (Lipinski definition) is 1. The zero-order valence-electron chi connectivity index (χ0n) is 13.3. The van der Waals surface area contributed by atoms with E-state index in [2.05, 4.69) is 22.3 Å². The fraction of sp³-hybridized carbons (Fsp3) is 0.588. The molecule has 5 nitrogen and oxygen atoms in total. The molecule has 1 N–H and O–H groups in total. The fourth-order valence-electron chi connectivity index (χ4n) is 3.53. The molecule has 0 spiro atoms. The van der Waals surface area contributed by atoms with Crippen molar-refractivity contribution in [3.05, 3.63) is 35.9 Å². The van der Waals surface area contributed by atoms with Crippen molar-refractivity contribution in [1.29, 1.82) is 0 Å². The van der Waals surface area contributed by atoms with Gasteiger partial charge in [-0.15, -0.1) is 0 Å². The number of likely N-dealkylation sites (tertiary alicyclic amines) is 1. The van der Waals surface area contributed by atoms with E-state index >= 15 is 0 Å². The zero-order valence-corrected chi connectivity index (χ0v) is 14.1. The van der Waals surface area contributed by atoms with Crippen LogP contribution in [0.4, 0.5) is 0 Å². The van der Waals surface area contributed by atoms with E-state index in [-0.39, 0.29) is 29.4 Å². The average Bonchev–Trinajstić information content (AvgIpc) is 3.18. The molecule has 1 amide bonds. The molecular weight excluding hydrogens is 312 g/mol. The Kier molecular flexibility index (Phi) is 5.02. The van der Waals surface area contributed by atoms with E-state index in [4.69, 9.17) is 0 Å². The molecule has 1 aromatic carbocycles. The van der Waals surface area contributed by atoms with Crippen LogP contribution in [0.15, 0.2) is 30.3 Å². The Balaban J connectivity index is 1.64. The molecule has 3 rings (SSSR count). The Labute approximate surface area is 138 Å². The van der Waals surface area contributed by atoms with Crippen LogP contribution >= 0.6 is 0 Å². The normalized spacial score (nSPS) is 25.3. The van der Waals surface area contributed by atoms with E-state index in [9.17, 15) is 13.2 Å². The number of carbonyl (C=O) groups excluding carboxylic acids is 1. The van der Waals surface area contributed by atoms with Crippen molar-refractivity contribution in [2.24, 2.45) is 5.92 Å². The molecule has 2 saturated heterocycles. The minimum absolute atomic E-state index is 0.00144. The third kappa shape index (κ3) is 4.12. The molecule has 0 saturated carbocycles. The van der Waals surface area contributed by atoms with Crippen molar-refractivity contribution >= 4 is 15.7 Å². The summed E-state index contributed by atoms with van der Waals surface area (Å²) in [6.07, 6.45) is 2.84. The number of nitrogens with zero attached hydrogens (tertiary/aromatic N) is 1. The van der Waals surface area contributed by atoms with Gasteiger partial charge in [0.2, 0.25) is 5.91 Å². The van der Waals surface area contributed by atoms with Crippen LogP contribution in [0.25, 0.3) is 0 Å². The van der Waals surface area contributed by atoms with Gasteiger partial charge in [-0.2, -0.15) is 0 Å². The van der Waals surface area contributed by atoms with Crippen molar-refractivity contribution in [3.63, 3.8) is 0 Å². The first-order valence-corrected chi connectivity index (χ1v) is 10.1. The second kappa shape index (κ2) is 7.01. The van der Waals surface area contributed by atoms with Gasteiger partial charge in [0.15, 0.2) is 9.84 Å². The van der Waals surface area contributed by atoms with Gasteiger partial charge in [0.25, 0.3) is 0 Å². The van der Waals surface area contributed by atoms with Crippen molar-refractivity contribution in [2.45, 2.75) is 25.3 Å². The van der Waals surface area contributed by atoms with Gasteiger partial charge in [-0.3, -0.25) is 9.69 Å². The van der Waals surface area contributed by atoms with Crippen LogP contribution in [0.3, 0.4) is 0 Å². The molecule has 2 atom stereocenters. The maximum absolute atomic E-state index is 12.3. The van der Waals surface area contributed by atoms with Gasteiger partial charge < -0.3 is 5.32 Å². The van der Waals surface area contributed by atoms with E-state index in [1.165, 1.54) is 18.4 Å². The summed E-state index contributed by atoms with van der Waals surface area (Å²) in [6.45, 7) is 2.64. The number of amides is 1. The molecule has 0 bridgehead atoms. The summed E-state index contributed by atoms with van der Waals surface area (Å²) in [4.78, 5) is 14.7. The summed E-state index contributed by atoms with van der Waals surface area (Å²) in [6, 6.07) is 10.4. The molecule has 0 aromatic heterocycles. The lowest BCUT2D eigenvalue weighted by Gasteiger charge is -2.28. The third-order valence-electron chi connectivity index (χ3n) is 4.84. The van der Waals surface area contributed by atoms with E-state index in [1.54, 1.807) is 0 Å². The molecule has 0 aliphatic carbocycles. The smallest absolute Gasteiger partial charge is 0.224 e. The highest BCUT2D eigenvalue weighted by Crippen LogP contribution is 2.25. The summed E-state index contributed by atoms with van der Waals surface area (Å²) in [5, 5.41) is 2.99. The molecule has 0 unspecified atom stereocenters. The highest BCUT2D eigenvalue weighted by Gasteiger charge is 2.33. The first-order chi connectivity index (χ1) is 11.1. The molecule has 2 aliphatic heterocycles. The summed E-state index contributed by atoms with van der Waals surface area (Å²) in [5.41, 5.74) is 1.20. The molecule has 1 aromatic rings. The van der Waals surface area contributed by atoms with E-state index in [0.717, 1.165) is 13.1 Å². The van der Waals surface area contributed by atoms with E-state index in [1.807, 2.05) is 18.2 Å². The lowest BCUT2D eigenvalue weighted by atomic mass is 10.0. The van der Waals surface area contributed by atoms with Crippen LogP contribution in [-0.2, 0) is 14.6 Å². The number of sulfone groups is 1. The summed E-state index contributed by atoms with van der Waals surface area (Å²) < 4.78 is 23.1. The maximum atomic E-state index is 12.3. The Hall–Kier alpha value is -1.40. The van der Waals surface area contributed by atoms with Gasteiger partial charge in [-0.1, -0.05) is 30.3 Å². The quantitative estimate of drug-likeness (QED) is 0.882. The average molecular weight is 336 g/mol. The molecule has 6 heteroatoms. The van der Waals surface area contributed by atoms with Crippen LogP contribution < -0.4 is 5.32 Å². The number of nitrogens with one attached hydrogen (secondary N) is 1. The van der Waals surface area contributed by atoms with E-state index in [0.29, 0.717) is 13.0 Å². The molecular formula is C17H24N2O3S. The van der Waals surface area contributed by atoms with Crippen LogP contribution in [-0.4, -0.2) is 50.4 Å². The molecule has 23 heavy (non-hydrogen) atoms. The topological polar surface area (TPSA) is 66.5 Å². The number of benzene rings is 1. The lowest BCUT2D eigenvalue weighted by Crippen LogP contribution is -2.39. The van der Waals surface area contributed by atoms with Gasteiger partial charge >= 0.3 is 0 Å². The molecule has 2 fully saturated rings. The summed E-state index contributed by atoms with van der Waals surface area (Å²) in [5.74, 6) is -0.362. The van der Waals surface area contributed by atoms with Crippen molar-refractivity contribution < 1.29 is 13.2 Å². The minimum Gasteiger partial charge on any atom is -0.354 e. The predicted octanol–water partition coefficient (Wildman–Crippen LogP) is 1.37. The molecule has 0 radical (unpaired) electrons. The van der Waals surface area contributed by atoms with E-state index < -0.39 is 9.84 Å². The first kappa shape index (κ1) is 16.5. The lowest BCUT2D eigenvalue weighted by molar-refractivity contribution is -0.124. The molecule has 2 heterocycles. The van der Waals surface area contributed by atoms with Gasteiger partial charge in [0.1, 0.15) is 0 Å². The first-order valence-electron chi connectivity index (χ1n) is 8.32. The zero-order chi connectivity index (χ0) is 16.3. The van der Waals surface area contributed by atoms with Gasteiger partial charge in [0, 0.05) is 6.54 Å². The highest BCUT2D eigenvalue weighted by molar-refractivity contribution is 7.91. The molecule has 2 aliphatic rings. The summed E-state index contributed by atoms with van der Waals surface area (Å²) in [7, 11) is -3.02. The SMILES string of the molecule is O=C(NC[C@@H](c1ccccc1)N1CCCC1)[C@H]1CCS(=O)(=O)C1. The number of hydrogen-bond acceptors (Lipinski definition) is 4. The highest BCUT2D eigenvalue weighted by atomic mass is 32.2. The van der Waals surface area contributed by atoms with Crippen LogP contribution in [0.1, 0.15) is 30.9 Å². The summed E-state index contributed by atoms with van der Waals surface area (Å²) >= 11 is 0. The fourth-order valence-corrected chi connectivity index (χ4v) is 5.27. The minimum atomic E-state index is -3.02. The number of carbonyl (C=O) groups is 1. The van der Waals surface area contributed by atoms with Crippen molar-refractivity contribution in [1.82, 2.24) is 10.2 Å². The third-order valence-corrected chi connectivity index (χ3v) is 6.61. The maximum Gasteiger partial charge on any atom is 0.224 e. The largest absolute Gasteiger partial charge is 0.354 e. The molecule has 126 valence electrons. The van der Waals surface area contributed by atoms with Crippen molar-refractivity contribution in [3.8, 4) is 0 Å². The van der Waals surface area contributed by atoms with Gasteiger partial charge in [-0.05, 0) is 37.9 Å². The second-order valence-electron chi connectivity index (χ2n) is 6.51. The van der Waals surface area contributed by atoms with Gasteiger partial charge in [0.05, 0.1) is 23.5 Å². The van der Waals surface area contributed by atoms with Crippen LogP contribution in [0.2, 0.25) is 0 Å². The monoisotopic (exact) mass is 336 g/mol. The number of rotatable bonds is 5. The van der Waals surface area contributed by atoms with Crippen molar-refractivity contribution in [2.75, 3.05) is 31.1 Å². The second-order valence-corrected chi connectivity index (χ2v) is 8.74. The van der Waals surface area contributed by atoms with Crippen LogP contribution in [0.5, 0.6) is 0 Å². The Bertz CT molecular complexity index is 639. The van der Waals surface area contributed by atoms with Gasteiger partial charge in [-0.25, -0.2) is 8.42 Å². The predicted molar refractivity (Wildman–Crippen MR) is 89.8 cm³/mol.